The number of rotatable bonds is 3. The summed E-state index contributed by atoms with van der Waals surface area (Å²) in [7, 11) is 0. The van der Waals surface area contributed by atoms with E-state index in [9.17, 15) is 4.79 Å². The predicted octanol–water partition coefficient (Wildman–Crippen LogP) is 4.32. The first-order chi connectivity index (χ1) is 11.5. The van der Waals surface area contributed by atoms with Crippen molar-refractivity contribution in [2.75, 3.05) is 5.32 Å². The third-order valence-electron chi connectivity index (χ3n) is 3.70. The number of benzene rings is 1. The van der Waals surface area contributed by atoms with E-state index < -0.39 is 0 Å². The fraction of sp³-hybridized carbons (Fsp3) is 0.150. The summed E-state index contributed by atoms with van der Waals surface area (Å²) in [4.78, 5) is 21.1. The molecule has 120 valence electrons. The van der Waals surface area contributed by atoms with Gasteiger partial charge in [-0.25, -0.2) is 4.98 Å². The van der Waals surface area contributed by atoms with Crippen molar-refractivity contribution >= 4 is 11.7 Å². The van der Waals surface area contributed by atoms with Crippen LogP contribution in [0.4, 0.5) is 5.82 Å². The van der Waals surface area contributed by atoms with Gasteiger partial charge in [-0.3, -0.25) is 9.78 Å². The number of hydrogen-bond acceptors (Lipinski definition) is 3. The molecule has 1 aromatic carbocycles. The number of nitrogens with one attached hydrogen (secondary N) is 1. The van der Waals surface area contributed by atoms with Gasteiger partial charge in [0.2, 0.25) is 0 Å². The molecule has 1 amide bonds. The number of nitrogens with zero attached hydrogens (tertiary/aromatic N) is 2. The Hall–Kier alpha value is -3.01. The van der Waals surface area contributed by atoms with Crippen molar-refractivity contribution in [1.29, 1.82) is 0 Å². The Kier molecular flexibility index (Phi) is 4.38. The molecule has 4 nitrogen and oxygen atoms in total. The highest BCUT2D eigenvalue weighted by molar-refractivity contribution is 6.04. The molecule has 0 saturated heterocycles. The molecule has 3 aromatic rings. The lowest BCUT2D eigenvalue weighted by molar-refractivity contribution is 0.102. The fourth-order valence-electron chi connectivity index (χ4n) is 2.58. The van der Waals surface area contributed by atoms with Gasteiger partial charge in [-0.15, -0.1) is 0 Å². The summed E-state index contributed by atoms with van der Waals surface area (Å²) >= 11 is 0. The zero-order valence-corrected chi connectivity index (χ0v) is 14.0. The second kappa shape index (κ2) is 6.62. The van der Waals surface area contributed by atoms with Gasteiger partial charge in [-0.1, -0.05) is 12.1 Å². The minimum absolute atomic E-state index is 0.170. The molecule has 0 radical (unpaired) electrons. The van der Waals surface area contributed by atoms with E-state index >= 15 is 0 Å². The molecule has 0 aliphatic heterocycles. The number of hydrogen-bond donors (Lipinski definition) is 1. The molecule has 1 N–H and O–H groups in total. The first kappa shape index (κ1) is 15.9. The number of amides is 1. The maximum absolute atomic E-state index is 12.4. The molecule has 0 fully saturated rings. The van der Waals surface area contributed by atoms with E-state index in [2.05, 4.69) is 15.3 Å². The van der Waals surface area contributed by atoms with Crippen LogP contribution in [0.1, 0.15) is 27.2 Å². The summed E-state index contributed by atoms with van der Waals surface area (Å²) in [6.07, 6.45) is 1.79. The van der Waals surface area contributed by atoms with E-state index in [0.717, 1.165) is 28.1 Å². The van der Waals surface area contributed by atoms with Crippen LogP contribution in [-0.4, -0.2) is 15.9 Å². The molecule has 0 atom stereocenters. The van der Waals surface area contributed by atoms with Crippen LogP contribution in [0.5, 0.6) is 0 Å². The summed E-state index contributed by atoms with van der Waals surface area (Å²) in [5, 5.41) is 2.84. The zero-order valence-electron chi connectivity index (χ0n) is 14.0. The van der Waals surface area contributed by atoms with E-state index in [1.54, 1.807) is 18.3 Å². The first-order valence-corrected chi connectivity index (χ1v) is 7.81. The van der Waals surface area contributed by atoms with Crippen molar-refractivity contribution in [3.8, 4) is 11.3 Å². The number of anilines is 1. The molecule has 0 aliphatic carbocycles. The number of pyridine rings is 2. The Morgan fingerprint density at radius 3 is 2.33 bits per heavy atom. The van der Waals surface area contributed by atoms with Crippen molar-refractivity contribution in [2.24, 2.45) is 0 Å². The van der Waals surface area contributed by atoms with Crippen molar-refractivity contribution in [2.45, 2.75) is 20.8 Å². The smallest absolute Gasteiger partial charge is 0.256 e. The fourth-order valence-corrected chi connectivity index (χ4v) is 2.58. The number of aromatic nitrogens is 2. The average Bonchev–Trinajstić information content (AvgIpc) is 2.54. The van der Waals surface area contributed by atoms with Gasteiger partial charge in [0.1, 0.15) is 5.82 Å². The van der Waals surface area contributed by atoms with E-state index in [4.69, 9.17) is 0 Å². The van der Waals surface area contributed by atoms with Crippen molar-refractivity contribution in [3.63, 3.8) is 0 Å². The Morgan fingerprint density at radius 1 is 0.917 bits per heavy atom. The molecular formula is C20H19N3O. The normalized spacial score (nSPS) is 10.5. The van der Waals surface area contributed by atoms with Gasteiger partial charge < -0.3 is 5.32 Å². The number of carbonyl (C=O) groups excluding carboxylic acids is 1. The van der Waals surface area contributed by atoms with Gasteiger partial charge in [-0.2, -0.15) is 0 Å². The average molecular weight is 317 g/mol. The molecule has 0 bridgehead atoms. The first-order valence-electron chi connectivity index (χ1n) is 7.81. The van der Waals surface area contributed by atoms with Gasteiger partial charge in [0.25, 0.3) is 5.91 Å². The lowest BCUT2D eigenvalue weighted by atomic mass is 10.1. The molecule has 3 rings (SSSR count). The maximum Gasteiger partial charge on any atom is 0.256 e. The summed E-state index contributed by atoms with van der Waals surface area (Å²) in [5.41, 5.74) is 5.58. The van der Waals surface area contributed by atoms with E-state index in [1.165, 1.54) is 0 Å². The van der Waals surface area contributed by atoms with Gasteiger partial charge in [0.05, 0.1) is 5.69 Å². The van der Waals surface area contributed by atoms with Crippen LogP contribution < -0.4 is 5.32 Å². The summed E-state index contributed by atoms with van der Waals surface area (Å²) < 4.78 is 0. The Balaban J connectivity index is 1.79. The third-order valence-corrected chi connectivity index (χ3v) is 3.70. The lowest BCUT2D eigenvalue weighted by Gasteiger charge is -2.07. The minimum atomic E-state index is -0.170. The predicted molar refractivity (Wildman–Crippen MR) is 96.1 cm³/mol. The molecule has 2 heterocycles. The molecule has 2 aromatic heterocycles. The Labute approximate surface area is 141 Å². The standard InChI is InChI=1S/C20H19N3O/c1-13-8-9-21-18(11-13)16-4-6-17(7-5-16)20(24)23-19-12-14(2)10-15(3)22-19/h4-12H,1-3H3,(H,22,23,24). The SMILES string of the molecule is Cc1cc(C)nc(NC(=O)c2ccc(-c3cc(C)ccn3)cc2)c1. The topological polar surface area (TPSA) is 54.9 Å². The second-order valence-corrected chi connectivity index (χ2v) is 5.92. The van der Waals surface area contributed by atoms with E-state index in [-0.39, 0.29) is 5.91 Å². The molecule has 0 spiro atoms. The number of carbonyl (C=O) groups is 1. The molecular weight excluding hydrogens is 298 g/mol. The monoisotopic (exact) mass is 317 g/mol. The summed E-state index contributed by atoms with van der Waals surface area (Å²) in [6, 6.07) is 15.2. The summed E-state index contributed by atoms with van der Waals surface area (Å²) in [6.45, 7) is 5.92. The van der Waals surface area contributed by atoms with E-state index in [0.29, 0.717) is 11.4 Å². The van der Waals surface area contributed by atoms with Crippen molar-refractivity contribution < 1.29 is 4.79 Å². The zero-order chi connectivity index (χ0) is 17.1. The highest BCUT2D eigenvalue weighted by Gasteiger charge is 2.08. The maximum atomic E-state index is 12.4. The summed E-state index contributed by atoms with van der Waals surface area (Å²) in [5.74, 6) is 0.401. The highest BCUT2D eigenvalue weighted by Crippen LogP contribution is 2.19. The largest absolute Gasteiger partial charge is 0.307 e. The van der Waals surface area contributed by atoms with E-state index in [1.807, 2.05) is 57.2 Å². The number of aryl methyl sites for hydroxylation is 3. The van der Waals surface area contributed by atoms with Crippen LogP contribution in [0.2, 0.25) is 0 Å². The molecule has 24 heavy (non-hydrogen) atoms. The molecule has 4 heteroatoms. The van der Waals surface area contributed by atoms with Gasteiger partial charge in [-0.05, 0) is 68.3 Å². The van der Waals surface area contributed by atoms with Crippen LogP contribution in [0, 0.1) is 20.8 Å². The van der Waals surface area contributed by atoms with Gasteiger partial charge in [0.15, 0.2) is 0 Å². The molecule has 0 unspecified atom stereocenters. The lowest BCUT2D eigenvalue weighted by Crippen LogP contribution is -2.13. The van der Waals surface area contributed by atoms with Crippen LogP contribution in [0.15, 0.2) is 54.7 Å². The Morgan fingerprint density at radius 2 is 1.67 bits per heavy atom. The highest BCUT2D eigenvalue weighted by atomic mass is 16.1. The van der Waals surface area contributed by atoms with Crippen molar-refractivity contribution in [3.05, 3.63) is 77.1 Å². The third kappa shape index (κ3) is 3.66. The van der Waals surface area contributed by atoms with Gasteiger partial charge >= 0.3 is 0 Å². The van der Waals surface area contributed by atoms with Crippen LogP contribution in [0.3, 0.4) is 0 Å². The molecule has 0 aliphatic rings. The molecule has 0 saturated carbocycles. The quantitative estimate of drug-likeness (QED) is 0.782. The second-order valence-electron chi connectivity index (χ2n) is 5.92. The van der Waals surface area contributed by atoms with Crippen LogP contribution in [-0.2, 0) is 0 Å². The van der Waals surface area contributed by atoms with Gasteiger partial charge in [0, 0.05) is 23.0 Å². The van der Waals surface area contributed by atoms with Crippen molar-refractivity contribution in [1.82, 2.24) is 9.97 Å². The van der Waals surface area contributed by atoms with Crippen LogP contribution >= 0.6 is 0 Å². The van der Waals surface area contributed by atoms with Crippen LogP contribution in [0.25, 0.3) is 11.3 Å². The Bertz CT molecular complexity index is 865. The minimum Gasteiger partial charge on any atom is -0.307 e.